The summed E-state index contributed by atoms with van der Waals surface area (Å²) in [6.45, 7) is 4.90. The Bertz CT molecular complexity index is 1220. The molecule has 9 heteroatoms. The van der Waals surface area contributed by atoms with Gasteiger partial charge in [0.05, 0.1) is 7.11 Å². The molecule has 0 saturated carbocycles. The number of nitrogens with zero attached hydrogens (tertiary/aromatic N) is 1. The fourth-order valence-electron chi connectivity index (χ4n) is 3.68. The maximum absolute atomic E-state index is 14.7. The smallest absolute Gasteiger partial charge is 0.328 e. The van der Waals surface area contributed by atoms with Gasteiger partial charge in [0.2, 0.25) is 0 Å². The van der Waals surface area contributed by atoms with Crippen molar-refractivity contribution in [1.82, 2.24) is 10.3 Å². The number of nitrogens with one attached hydrogen (secondary N) is 1. The average Bonchev–Trinajstić information content (AvgIpc) is 2.81. The minimum atomic E-state index is -1.12. The predicted octanol–water partition coefficient (Wildman–Crippen LogP) is 4.26. The van der Waals surface area contributed by atoms with Crippen LogP contribution in [0.5, 0.6) is 11.5 Å². The topological polar surface area (TPSA) is 97.8 Å². The van der Waals surface area contributed by atoms with Crippen molar-refractivity contribution in [3.05, 3.63) is 88.7 Å². The van der Waals surface area contributed by atoms with Crippen LogP contribution in [0.3, 0.4) is 0 Å². The highest BCUT2D eigenvalue weighted by atomic mass is 19.1. The lowest BCUT2D eigenvalue weighted by Gasteiger charge is -2.27. The SMILES string of the molecule is COc1ccnc(C(=O)N[C@@H](C)C(=O)O[C@@H](C)[C@@H](c2ccc(C)cc2)c2ccc(F)cc2F)c1O. The molecule has 7 nitrogen and oxygen atoms in total. The Balaban J connectivity index is 1.80. The van der Waals surface area contributed by atoms with Gasteiger partial charge in [0, 0.05) is 24.2 Å². The minimum Gasteiger partial charge on any atom is -0.503 e. The Morgan fingerprint density at radius 2 is 1.74 bits per heavy atom. The number of aryl methyl sites for hydroxylation is 1. The molecule has 0 aliphatic carbocycles. The summed E-state index contributed by atoms with van der Waals surface area (Å²) in [5, 5.41) is 12.5. The van der Waals surface area contributed by atoms with E-state index in [1.54, 1.807) is 19.1 Å². The molecular formula is C26H26F2N2O5. The third-order valence-corrected chi connectivity index (χ3v) is 5.53. The van der Waals surface area contributed by atoms with E-state index >= 15 is 0 Å². The van der Waals surface area contributed by atoms with Gasteiger partial charge in [0.1, 0.15) is 23.8 Å². The standard InChI is InChI=1S/C26H26F2N2O5/c1-14-5-7-17(8-6-14)22(19-10-9-18(27)13-20(19)28)16(3)35-26(33)15(2)30-25(32)23-24(31)21(34-4)11-12-29-23/h5-13,15-16,22,31H,1-4H3,(H,30,32)/t15-,16-,22-/m0/s1. The summed E-state index contributed by atoms with van der Waals surface area (Å²) in [6.07, 6.45) is 0.412. The highest BCUT2D eigenvalue weighted by Gasteiger charge is 2.30. The molecule has 1 heterocycles. The molecule has 3 rings (SSSR count). The molecule has 3 aromatic rings. The van der Waals surface area contributed by atoms with Gasteiger partial charge in [-0.25, -0.2) is 18.6 Å². The second-order valence-corrected chi connectivity index (χ2v) is 8.10. The fourth-order valence-corrected chi connectivity index (χ4v) is 3.68. The van der Waals surface area contributed by atoms with Gasteiger partial charge in [-0.1, -0.05) is 35.9 Å². The summed E-state index contributed by atoms with van der Waals surface area (Å²) in [5.41, 5.74) is 1.51. The molecular weight excluding hydrogens is 458 g/mol. The van der Waals surface area contributed by atoms with Gasteiger partial charge in [-0.15, -0.1) is 0 Å². The first-order chi connectivity index (χ1) is 16.6. The van der Waals surface area contributed by atoms with Crippen LogP contribution in [0.25, 0.3) is 0 Å². The third-order valence-electron chi connectivity index (χ3n) is 5.53. The number of hydrogen-bond acceptors (Lipinski definition) is 6. The number of carbonyl (C=O) groups excluding carboxylic acids is 2. The lowest BCUT2D eigenvalue weighted by atomic mass is 9.86. The number of methoxy groups -OCH3 is 1. The van der Waals surface area contributed by atoms with Gasteiger partial charge in [0.15, 0.2) is 17.2 Å². The summed E-state index contributed by atoms with van der Waals surface area (Å²) in [5.74, 6) is -4.22. The van der Waals surface area contributed by atoms with Crippen molar-refractivity contribution in [3.8, 4) is 11.5 Å². The van der Waals surface area contributed by atoms with E-state index in [-0.39, 0.29) is 17.0 Å². The van der Waals surface area contributed by atoms with Crippen LogP contribution in [0.4, 0.5) is 8.78 Å². The number of esters is 1. The van der Waals surface area contributed by atoms with Crippen LogP contribution >= 0.6 is 0 Å². The first kappa shape index (κ1) is 25.6. The number of hydrogen-bond donors (Lipinski definition) is 2. The molecule has 0 spiro atoms. The summed E-state index contributed by atoms with van der Waals surface area (Å²) in [4.78, 5) is 29.2. The van der Waals surface area contributed by atoms with E-state index in [0.717, 1.165) is 17.7 Å². The van der Waals surface area contributed by atoms with Crippen molar-refractivity contribution in [2.24, 2.45) is 0 Å². The first-order valence-electron chi connectivity index (χ1n) is 10.9. The van der Waals surface area contributed by atoms with Gasteiger partial charge in [-0.2, -0.15) is 0 Å². The van der Waals surface area contributed by atoms with E-state index in [1.807, 2.05) is 19.1 Å². The number of ether oxygens (including phenoxy) is 2. The van der Waals surface area contributed by atoms with Crippen LogP contribution < -0.4 is 10.1 Å². The summed E-state index contributed by atoms with van der Waals surface area (Å²) in [7, 11) is 1.33. The highest BCUT2D eigenvalue weighted by Crippen LogP contribution is 2.32. The maximum Gasteiger partial charge on any atom is 0.328 e. The quantitative estimate of drug-likeness (QED) is 0.464. The number of rotatable bonds is 8. The Morgan fingerprint density at radius 3 is 2.37 bits per heavy atom. The fraction of sp³-hybridized carbons (Fsp3) is 0.269. The Hall–Kier alpha value is -4.01. The summed E-state index contributed by atoms with van der Waals surface area (Å²) >= 11 is 0. The van der Waals surface area contributed by atoms with Crippen LogP contribution in [0.2, 0.25) is 0 Å². The van der Waals surface area contributed by atoms with Crippen LogP contribution in [0, 0.1) is 18.6 Å². The Morgan fingerprint density at radius 1 is 1.06 bits per heavy atom. The first-order valence-corrected chi connectivity index (χ1v) is 10.9. The van der Waals surface area contributed by atoms with Gasteiger partial charge in [-0.3, -0.25) is 4.79 Å². The third kappa shape index (κ3) is 5.92. The molecule has 2 aromatic carbocycles. The van der Waals surface area contributed by atoms with E-state index < -0.39 is 47.3 Å². The largest absolute Gasteiger partial charge is 0.503 e. The molecule has 0 unspecified atom stereocenters. The average molecular weight is 484 g/mol. The van der Waals surface area contributed by atoms with Crippen LogP contribution in [-0.2, 0) is 9.53 Å². The van der Waals surface area contributed by atoms with Crippen LogP contribution in [0.1, 0.15) is 46.9 Å². The van der Waals surface area contributed by atoms with Crippen LogP contribution in [-0.4, -0.2) is 41.2 Å². The second kappa shape index (κ2) is 10.9. The molecule has 0 fully saturated rings. The lowest BCUT2D eigenvalue weighted by Crippen LogP contribution is -2.41. The lowest BCUT2D eigenvalue weighted by molar-refractivity contribution is -0.150. The second-order valence-electron chi connectivity index (χ2n) is 8.10. The molecule has 0 radical (unpaired) electrons. The van der Waals surface area contributed by atoms with Crippen LogP contribution in [0.15, 0.2) is 54.7 Å². The molecule has 184 valence electrons. The van der Waals surface area contributed by atoms with Crippen molar-refractivity contribution >= 4 is 11.9 Å². The molecule has 1 aromatic heterocycles. The van der Waals surface area contributed by atoms with Crippen molar-refractivity contribution in [1.29, 1.82) is 0 Å². The van der Waals surface area contributed by atoms with Gasteiger partial charge in [-0.05, 0) is 38.0 Å². The van der Waals surface area contributed by atoms with E-state index in [0.29, 0.717) is 5.56 Å². The van der Waals surface area contributed by atoms with E-state index in [4.69, 9.17) is 9.47 Å². The van der Waals surface area contributed by atoms with E-state index in [1.165, 1.54) is 32.4 Å². The molecule has 0 bridgehead atoms. The number of halogens is 2. The molecule has 0 saturated heterocycles. The van der Waals surface area contributed by atoms with Crippen molar-refractivity contribution < 1.29 is 33.0 Å². The summed E-state index contributed by atoms with van der Waals surface area (Å²) in [6, 6.07) is 10.8. The van der Waals surface area contributed by atoms with Gasteiger partial charge < -0.3 is 19.9 Å². The number of aromatic hydroxyl groups is 1. The highest BCUT2D eigenvalue weighted by molar-refractivity contribution is 5.97. The minimum absolute atomic E-state index is 0.0521. The normalized spacial score (nSPS) is 13.4. The number of amides is 1. The molecule has 0 aliphatic heterocycles. The van der Waals surface area contributed by atoms with Crippen molar-refractivity contribution in [2.45, 2.75) is 38.8 Å². The number of pyridine rings is 1. The molecule has 0 aliphatic rings. The Labute approximate surface area is 201 Å². The summed E-state index contributed by atoms with van der Waals surface area (Å²) < 4.78 is 38.8. The number of carbonyl (C=O) groups is 2. The zero-order chi connectivity index (χ0) is 25.7. The van der Waals surface area contributed by atoms with Crippen molar-refractivity contribution in [2.75, 3.05) is 7.11 Å². The predicted molar refractivity (Wildman–Crippen MR) is 124 cm³/mol. The maximum atomic E-state index is 14.7. The molecule has 1 amide bonds. The molecule has 2 N–H and O–H groups in total. The van der Waals surface area contributed by atoms with Gasteiger partial charge >= 0.3 is 5.97 Å². The zero-order valence-electron chi connectivity index (χ0n) is 19.7. The van der Waals surface area contributed by atoms with Gasteiger partial charge in [0.25, 0.3) is 5.91 Å². The molecule has 35 heavy (non-hydrogen) atoms. The molecule has 3 atom stereocenters. The van der Waals surface area contributed by atoms with E-state index in [9.17, 15) is 23.5 Å². The number of aromatic nitrogens is 1. The Kier molecular flexibility index (Phi) is 8.01. The zero-order valence-corrected chi connectivity index (χ0v) is 19.7. The monoisotopic (exact) mass is 484 g/mol. The van der Waals surface area contributed by atoms with Crippen molar-refractivity contribution in [3.63, 3.8) is 0 Å². The number of benzene rings is 2. The van der Waals surface area contributed by atoms with E-state index in [2.05, 4.69) is 10.3 Å².